The van der Waals surface area contributed by atoms with Crippen molar-refractivity contribution in [3.8, 4) is 0 Å². The Hall–Kier alpha value is -2.97. The molecule has 0 heterocycles. The highest BCUT2D eigenvalue weighted by molar-refractivity contribution is 7.92. The molecule has 3 aromatic carbocycles. The number of non-ortho nitro benzene ring substituents is 1. The van der Waals surface area contributed by atoms with Gasteiger partial charge < -0.3 is 0 Å². The number of nitrogens with zero attached hydrogens (tertiary/aromatic N) is 2. The summed E-state index contributed by atoms with van der Waals surface area (Å²) in [5.74, 6) is 0. The van der Waals surface area contributed by atoms with Crippen LogP contribution in [-0.2, 0) is 14.8 Å². The number of hydrogen-bond acceptors (Lipinski definition) is 5. The summed E-state index contributed by atoms with van der Waals surface area (Å²) in [7, 11) is -4.25. The van der Waals surface area contributed by atoms with E-state index < -0.39 is 26.7 Å². The molecule has 0 aromatic heterocycles. The Kier molecular flexibility index (Phi) is 5.11. The molecule has 0 saturated carbocycles. The topological polar surface area (TPSA) is 97.6 Å². The number of anilines is 1. The van der Waals surface area contributed by atoms with E-state index in [1.165, 1.54) is 18.2 Å². The number of carbonyl (C=O) groups is 1. The zero-order chi connectivity index (χ0) is 19.6. The van der Waals surface area contributed by atoms with Gasteiger partial charge in [-0.25, -0.2) is 8.42 Å². The summed E-state index contributed by atoms with van der Waals surface area (Å²) in [6.45, 7) is -0.606. The third kappa shape index (κ3) is 3.91. The Morgan fingerprint density at radius 2 is 1.70 bits per heavy atom. The van der Waals surface area contributed by atoms with E-state index in [4.69, 9.17) is 11.6 Å². The highest BCUT2D eigenvalue weighted by atomic mass is 35.5. The molecule has 0 aliphatic carbocycles. The van der Waals surface area contributed by atoms with Crippen LogP contribution >= 0.6 is 11.6 Å². The number of sulfonamides is 1. The minimum Gasteiger partial charge on any atom is -0.279 e. The molecule has 0 fully saturated rings. The predicted octanol–water partition coefficient (Wildman–Crippen LogP) is 3.71. The molecule has 0 aliphatic rings. The van der Waals surface area contributed by atoms with Gasteiger partial charge in [0, 0.05) is 12.1 Å². The monoisotopic (exact) mass is 404 g/mol. The van der Waals surface area contributed by atoms with Crippen molar-refractivity contribution < 1.29 is 18.1 Å². The standard InChI is InChI=1S/C18H13ClN2O5S/c19-18(22)12-20(15-9-8-13-4-1-2-5-14(13)10-15)27(25,26)17-7-3-6-16(11-17)21(23)24/h1-11H,12H2. The molecule has 0 saturated heterocycles. The molecule has 3 rings (SSSR count). The van der Waals surface area contributed by atoms with Crippen LogP contribution in [0.15, 0.2) is 71.6 Å². The summed E-state index contributed by atoms with van der Waals surface area (Å²) in [6, 6.07) is 16.8. The van der Waals surface area contributed by atoms with Crippen molar-refractivity contribution in [3.63, 3.8) is 0 Å². The summed E-state index contributed by atoms with van der Waals surface area (Å²) in [5, 5.41) is 11.8. The van der Waals surface area contributed by atoms with Gasteiger partial charge in [0.15, 0.2) is 0 Å². The molecule has 0 atom stereocenters. The van der Waals surface area contributed by atoms with Crippen molar-refractivity contribution in [1.82, 2.24) is 0 Å². The van der Waals surface area contributed by atoms with Gasteiger partial charge in [-0.1, -0.05) is 36.4 Å². The average molecular weight is 405 g/mol. The first kappa shape index (κ1) is 18.8. The first-order chi connectivity index (χ1) is 12.8. The Balaban J connectivity index is 2.14. The fourth-order valence-electron chi connectivity index (χ4n) is 2.64. The van der Waals surface area contributed by atoms with Gasteiger partial charge in [-0.2, -0.15) is 0 Å². The molecule has 9 heteroatoms. The summed E-state index contributed by atoms with van der Waals surface area (Å²) in [4.78, 5) is 21.5. The molecule has 138 valence electrons. The molecule has 27 heavy (non-hydrogen) atoms. The number of nitro benzene ring substituents is 1. The number of nitro groups is 1. The fourth-order valence-corrected chi connectivity index (χ4v) is 4.29. The predicted molar refractivity (Wildman–Crippen MR) is 102 cm³/mol. The minimum atomic E-state index is -4.25. The lowest BCUT2D eigenvalue weighted by molar-refractivity contribution is -0.385. The molecule has 7 nitrogen and oxygen atoms in total. The van der Waals surface area contributed by atoms with E-state index in [-0.39, 0.29) is 16.3 Å². The van der Waals surface area contributed by atoms with Gasteiger partial charge in [-0.3, -0.25) is 19.2 Å². The lowest BCUT2D eigenvalue weighted by Crippen LogP contribution is -2.34. The van der Waals surface area contributed by atoms with Gasteiger partial charge in [0.2, 0.25) is 5.24 Å². The van der Waals surface area contributed by atoms with Crippen molar-refractivity contribution >= 4 is 49.0 Å². The van der Waals surface area contributed by atoms with Crippen LogP contribution in [0.5, 0.6) is 0 Å². The second kappa shape index (κ2) is 7.34. The molecule has 0 aliphatic heterocycles. The highest BCUT2D eigenvalue weighted by Crippen LogP contribution is 2.28. The summed E-state index contributed by atoms with van der Waals surface area (Å²) in [6.07, 6.45) is 0. The van der Waals surface area contributed by atoms with Crippen LogP contribution in [0.2, 0.25) is 0 Å². The smallest absolute Gasteiger partial charge is 0.270 e. The Bertz CT molecular complexity index is 1150. The Morgan fingerprint density at radius 3 is 2.37 bits per heavy atom. The summed E-state index contributed by atoms with van der Waals surface area (Å²) >= 11 is 5.46. The fraction of sp³-hybridized carbons (Fsp3) is 0.0556. The van der Waals surface area contributed by atoms with Crippen LogP contribution in [0.25, 0.3) is 10.8 Å². The molecule has 0 amide bonds. The molecule has 3 aromatic rings. The second-order valence-electron chi connectivity index (χ2n) is 5.65. The number of halogens is 1. The molecule has 0 N–H and O–H groups in total. The van der Waals surface area contributed by atoms with Gasteiger partial charge in [-0.15, -0.1) is 0 Å². The third-order valence-corrected chi connectivity index (χ3v) is 5.79. The summed E-state index contributed by atoms with van der Waals surface area (Å²) in [5.41, 5.74) is -0.138. The largest absolute Gasteiger partial charge is 0.279 e. The van der Waals surface area contributed by atoms with E-state index in [2.05, 4.69) is 0 Å². The lowest BCUT2D eigenvalue weighted by atomic mass is 10.1. The van der Waals surface area contributed by atoms with Crippen molar-refractivity contribution in [1.29, 1.82) is 0 Å². The van der Waals surface area contributed by atoms with Gasteiger partial charge in [0.05, 0.1) is 15.5 Å². The Morgan fingerprint density at radius 1 is 1.00 bits per heavy atom. The number of rotatable bonds is 6. The number of fused-ring (bicyclic) bond motifs is 1. The van der Waals surface area contributed by atoms with Crippen molar-refractivity contribution in [2.24, 2.45) is 0 Å². The quantitative estimate of drug-likeness (QED) is 0.354. The van der Waals surface area contributed by atoms with Gasteiger partial charge >= 0.3 is 0 Å². The zero-order valence-electron chi connectivity index (χ0n) is 13.8. The second-order valence-corrected chi connectivity index (χ2v) is 7.94. The van der Waals surface area contributed by atoms with Gasteiger partial charge in [0.1, 0.15) is 6.54 Å². The van der Waals surface area contributed by atoms with E-state index in [1.54, 1.807) is 30.3 Å². The van der Waals surface area contributed by atoms with Crippen LogP contribution in [0.1, 0.15) is 0 Å². The minimum absolute atomic E-state index is 0.231. The summed E-state index contributed by atoms with van der Waals surface area (Å²) < 4.78 is 27.0. The first-order valence-electron chi connectivity index (χ1n) is 7.73. The van der Waals surface area contributed by atoms with Crippen LogP contribution in [0, 0.1) is 10.1 Å². The average Bonchev–Trinajstić information content (AvgIpc) is 2.65. The maximum absolute atomic E-state index is 13.1. The lowest BCUT2D eigenvalue weighted by Gasteiger charge is -2.23. The molecule has 0 radical (unpaired) electrons. The van der Waals surface area contributed by atoms with E-state index in [0.29, 0.717) is 0 Å². The first-order valence-corrected chi connectivity index (χ1v) is 9.55. The number of benzene rings is 3. The van der Waals surface area contributed by atoms with Crippen LogP contribution in [0.4, 0.5) is 11.4 Å². The highest BCUT2D eigenvalue weighted by Gasteiger charge is 2.28. The van der Waals surface area contributed by atoms with Crippen molar-refractivity contribution in [3.05, 3.63) is 76.8 Å². The molecular weight excluding hydrogens is 392 g/mol. The maximum atomic E-state index is 13.1. The molecule has 0 spiro atoms. The normalized spacial score (nSPS) is 11.3. The number of carbonyl (C=O) groups excluding carboxylic acids is 1. The van der Waals surface area contributed by atoms with Crippen LogP contribution < -0.4 is 4.31 Å². The molecule has 0 bridgehead atoms. The molecular formula is C18H13ClN2O5S. The molecule has 0 unspecified atom stereocenters. The van der Waals surface area contributed by atoms with Crippen LogP contribution in [0.3, 0.4) is 0 Å². The van der Waals surface area contributed by atoms with Gasteiger partial charge in [0.25, 0.3) is 15.7 Å². The van der Waals surface area contributed by atoms with Crippen molar-refractivity contribution in [2.75, 3.05) is 10.8 Å². The van der Waals surface area contributed by atoms with E-state index in [0.717, 1.165) is 21.1 Å². The SMILES string of the molecule is O=C(Cl)CN(c1ccc2ccccc2c1)S(=O)(=O)c1cccc([N+](=O)[O-])c1. The van der Waals surface area contributed by atoms with E-state index in [1.807, 2.05) is 12.1 Å². The van der Waals surface area contributed by atoms with E-state index >= 15 is 0 Å². The van der Waals surface area contributed by atoms with Crippen molar-refractivity contribution in [2.45, 2.75) is 4.90 Å². The maximum Gasteiger partial charge on any atom is 0.270 e. The number of hydrogen-bond donors (Lipinski definition) is 0. The third-order valence-electron chi connectivity index (χ3n) is 3.91. The Labute approximate surface area is 160 Å². The van der Waals surface area contributed by atoms with Crippen LogP contribution in [-0.4, -0.2) is 25.1 Å². The zero-order valence-corrected chi connectivity index (χ0v) is 15.4. The van der Waals surface area contributed by atoms with Gasteiger partial charge in [-0.05, 0) is 40.6 Å². The van der Waals surface area contributed by atoms with E-state index in [9.17, 15) is 23.3 Å².